The Kier molecular flexibility index (Phi) is 5.42. The summed E-state index contributed by atoms with van der Waals surface area (Å²) in [4.78, 5) is 16.2. The molecule has 2 aromatic rings. The fourth-order valence-corrected chi connectivity index (χ4v) is 1.83. The number of carbonyl (C=O) groups is 1. The Bertz CT molecular complexity index is 571. The van der Waals surface area contributed by atoms with Crippen molar-refractivity contribution in [2.24, 2.45) is 0 Å². The highest BCUT2D eigenvalue weighted by Crippen LogP contribution is 2.16. The van der Waals surface area contributed by atoms with Crippen molar-refractivity contribution in [1.82, 2.24) is 15.5 Å². The molecule has 7 nitrogen and oxygen atoms in total. The van der Waals surface area contributed by atoms with Crippen LogP contribution in [0.5, 0.6) is 0 Å². The standard InChI is InChI=1S/C14H17N3O4/c1-19-9-11-16-12(21-17-11)8-15-14(18)13(20-2)10-6-4-3-5-7-10/h3-7,13H,8-9H2,1-2H3,(H,15,18)/t13-/m1/s1. The molecule has 1 aromatic carbocycles. The summed E-state index contributed by atoms with van der Waals surface area (Å²) in [6.45, 7) is 0.407. The van der Waals surface area contributed by atoms with Crippen LogP contribution in [-0.2, 0) is 27.4 Å². The van der Waals surface area contributed by atoms with Crippen LogP contribution in [0.3, 0.4) is 0 Å². The number of hydrogen-bond donors (Lipinski definition) is 1. The Morgan fingerprint density at radius 2 is 2.10 bits per heavy atom. The van der Waals surface area contributed by atoms with Gasteiger partial charge in [-0.15, -0.1) is 0 Å². The van der Waals surface area contributed by atoms with Gasteiger partial charge >= 0.3 is 0 Å². The zero-order valence-corrected chi connectivity index (χ0v) is 11.9. The highest BCUT2D eigenvalue weighted by Gasteiger charge is 2.20. The van der Waals surface area contributed by atoms with E-state index >= 15 is 0 Å². The first kappa shape index (κ1) is 15.1. The quantitative estimate of drug-likeness (QED) is 0.825. The molecule has 0 aliphatic rings. The molecule has 0 bridgehead atoms. The number of aromatic nitrogens is 2. The van der Waals surface area contributed by atoms with Gasteiger partial charge in [-0.25, -0.2) is 0 Å². The molecular formula is C14H17N3O4. The van der Waals surface area contributed by atoms with Crippen molar-refractivity contribution in [3.63, 3.8) is 0 Å². The molecule has 1 amide bonds. The van der Waals surface area contributed by atoms with Gasteiger partial charge in [-0.3, -0.25) is 4.79 Å². The lowest BCUT2D eigenvalue weighted by molar-refractivity contribution is -0.131. The Morgan fingerprint density at radius 3 is 2.76 bits per heavy atom. The highest BCUT2D eigenvalue weighted by molar-refractivity contribution is 5.82. The lowest BCUT2D eigenvalue weighted by atomic mass is 10.1. The number of amides is 1. The lowest BCUT2D eigenvalue weighted by Crippen LogP contribution is -2.30. The van der Waals surface area contributed by atoms with Crippen molar-refractivity contribution in [2.45, 2.75) is 19.3 Å². The Labute approximate surface area is 122 Å². The van der Waals surface area contributed by atoms with Crippen LogP contribution in [0.25, 0.3) is 0 Å². The van der Waals surface area contributed by atoms with E-state index in [-0.39, 0.29) is 19.1 Å². The first-order chi connectivity index (χ1) is 10.2. The number of methoxy groups -OCH3 is 2. The van der Waals surface area contributed by atoms with Gasteiger partial charge in [-0.05, 0) is 5.56 Å². The summed E-state index contributed by atoms with van der Waals surface area (Å²) >= 11 is 0. The summed E-state index contributed by atoms with van der Waals surface area (Å²) in [5, 5.41) is 6.42. The molecule has 0 aliphatic carbocycles. The van der Waals surface area contributed by atoms with E-state index in [4.69, 9.17) is 14.0 Å². The first-order valence-electron chi connectivity index (χ1n) is 6.40. The third kappa shape index (κ3) is 4.11. The van der Waals surface area contributed by atoms with Gasteiger partial charge in [0.05, 0.1) is 6.54 Å². The minimum Gasteiger partial charge on any atom is -0.377 e. The van der Waals surface area contributed by atoms with Crippen molar-refractivity contribution in [2.75, 3.05) is 14.2 Å². The van der Waals surface area contributed by atoms with E-state index in [0.717, 1.165) is 5.56 Å². The predicted molar refractivity (Wildman–Crippen MR) is 73.0 cm³/mol. The van der Waals surface area contributed by atoms with Crippen LogP contribution in [-0.4, -0.2) is 30.3 Å². The van der Waals surface area contributed by atoms with E-state index < -0.39 is 6.10 Å². The molecule has 112 valence electrons. The van der Waals surface area contributed by atoms with Crippen molar-refractivity contribution >= 4 is 5.91 Å². The van der Waals surface area contributed by atoms with Crippen molar-refractivity contribution < 1.29 is 18.8 Å². The third-order valence-corrected chi connectivity index (χ3v) is 2.77. The Balaban J connectivity index is 1.93. The largest absolute Gasteiger partial charge is 0.377 e. The van der Waals surface area contributed by atoms with Gasteiger partial charge in [-0.2, -0.15) is 4.98 Å². The van der Waals surface area contributed by atoms with Gasteiger partial charge in [0.1, 0.15) is 6.61 Å². The monoisotopic (exact) mass is 291 g/mol. The van der Waals surface area contributed by atoms with Gasteiger partial charge in [0.2, 0.25) is 5.89 Å². The normalized spacial score (nSPS) is 12.1. The minimum atomic E-state index is -0.674. The maximum Gasteiger partial charge on any atom is 0.254 e. The zero-order chi connectivity index (χ0) is 15.1. The van der Waals surface area contributed by atoms with Crippen LogP contribution in [0.1, 0.15) is 23.4 Å². The van der Waals surface area contributed by atoms with Crippen molar-refractivity contribution in [3.05, 3.63) is 47.6 Å². The molecule has 1 atom stereocenters. The van der Waals surface area contributed by atoms with Crippen LogP contribution in [0.4, 0.5) is 0 Å². The smallest absolute Gasteiger partial charge is 0.254 e. The minimum absolute atomic E-state index is 0.141. The summed E-state index contributed by atoms with van der Waals surface area (Å²) in [6, 6.07) is 9.24. The zero-order valence-electron chi connectivity index (χ0n) is 11.9. The topological polar surface area (TPSA) is 86.5 Å². The molecule has 1 N–H and O–H groups in total. The number of benzene rings is 1. The van der Waals surface area contributed by atoms with E-state index in [1.165, 1.54) is 7.11 Å². The molecule has 0 radical (unpaired) electrons. The SMILES string of the molecule is COCc1noc(CNC(=O)[C@H](OC)c2ccccc2)n1. The van der Waals surface area contributed by atoms with E-state index in [0.29, 0.717) is 11.7 Å². The van der Waals surface area contributed by atoms with Gasteiger partial charge in [0.25, 0.3) is 5.91 Å². The van der Waals surface area contributed by atoms with Gasteiger partial charge in [0, 0.05) is 14.2 Å². The molecule has 0 unspecified atom stereocenters. The van der Waals surface area contributed by atoms with Gasteiger partial charge in [-0.1, -0.05) is 35.5 Å². The molecular weight excluding hydrogens is 274 g/mol. The molecule has 0 saturated carbocycles. The number of carbonyl (C=O) groups excluding carboxylic acids is 1. The van der Waals surface area contributed by atoms with Crippen LogP contribution in [0.15, 0.2) is 34.9 Å². The first-order valence-corrected chi connectivity index (χ1v) is 6.40. The average Bonchev–Trinajstić information content (AvgIpc) is 2.95. The summed E-state index contributed by atoms with van der Waals surface area (Å²) in [6.07, 6.45) is -0.674. The molecule has 2 rings (SSSR count). The molecule has 1 heterocycles. The third-order valence-electron chi connectivity index (χ3n) is 2.77. The molecule has 0 fully saturated rings. The molecule has 0 saturated heterocycles. The summed E-state index contributed by atoms with van der Waals surface area (Å²) in [7, 11) is 3.03. The highest BCUT2D eigenvalue weighted by atomic mass is 16.5. The number of hydrogen-bond acceptors (Lipinski definition) is 6. The predicted octanol–water partition coefficient (Wildman–Crippen LogP) is 1.22. The summed E-state index contributed by atoms with van der Waals surface area (Å²) in [5.41, 5.74) is 0.781. The second kappa shape index (κ2) is 7.51. The summed E-state index contributed by atoms with van der Waals surface area (Å²) < 4.78 is 15.1. The Morgan fingerprint density at radius 1 is 1.33 bits per heavy atom. The molecule has 0 spiro atoms. The van der Waals surface area contributed by atoms with Crippen LogP contribution >= 0.6 is 0 Å². The van der Waals surface area contributed by atoms with E-state index in [1.807, 2.05) is 30.3 Å². The van der Waals surface area contributed by atoms with Crippen LogP contribution in [0.2, 0.25) is 0 Å². The second-order valence-corrected chi connectivity index (χ2v) is 4.28. The van der Waals surface area contributed by atoms with Gasteiger partial charge < -0.3 is 19.3 Å². The maximum absolute atomic E-state index is 12.1. The van der Waals surface area contributed by atoms with Crippen LogP contribution in [0, 0.1) is 0 Å². The van der Waals surface area contributed by atoms with E-state index in [9.17, 15) is 4.79 Å². The Hall–Kier alpha value is -2.25. The molecule has 1 aromatic heterocycles. The van der Waals surface area contributed by atoms with E-state index in [2.05, 4.69) is 15.5 Å². The van der Waals surface area contributed by atoms with Crippen LogP contribution < -0.4 is 5.32 Å². The fraction of sp³-hybridized carbons (Fsp3) is 0.357. The summed E-state index contributed by atoms with van der Waals surface area (Å²) in [5.74, 6) is 0.488. The average molecular weight is 291 g/mol. The van der Waals surface area contributed by atoms with E-state index in [1.54, 1.807) is 7.11 Å². The fourth-order valence-electron chi connectivity index (χ4n) is 1.83. The maximum atomic E-state index is 12.1. The number of nitrogens with zero attached hydrogens (tertiary/aromatic N) is 2. The number of nitrogens with one attached hydrogen (secondary N) is 1. The van der Waals surface area contributed by atoms with Crippen molar-refractivity contribution in [3.8, 4) is 0 Å². The second-order valence-electron chi connectivity index (χ2n) is 4.28. The molecule has 21 heavy (non-hydrogen) atoms. The number of rotatable bonds is 7. The molecule has 7 heteroatoms. The van der Waals surface area contributed by atoms with Gasteiger partial charge in [0.15, 0.2) is 11.9 Å². The van der Waals surface area contributed by atoms with Crippen molar-refractivity contribution in [1.29, 1.82) is 0 Å². The molecule has 0 aliphatic heterocycles. The lowest BCUT2D eigenvalue weighted by Gasteiger charge is -2.14. The number of ether oxygens (including phenoxy) is 2.